The first-order chi connectivity index (χ1) is 8.67. The highest BCUT2D eigenvalue weighted by atomic mass is 16.5. The molecule has 18 heavy (non-hydrogen) atoms. The minimum atomic E-state index is -0.0752. The Hall–Kier alpha value is -2.01. The number of nitrogens with two attached hydrogens (primary N) is 1. The summed E-state index contributed by atoms with van der Waals surface area (Å²) in [6.07, 6.45) is 0.588. The van der Waals surface area contributed by atoms with E-state index in [-0.39, 0.29) is 5.56 Å². The highest BCUT2D eigenvalue weighted by Gasteiger charge is 2.11. The van der Waals surface area contributed by atoms with Gasteiger partial charge in [0.2, 0.25) is 0 Å². The number of methoxy groups -OCH3 is 1. The molecule has 0 aliphatic rings. The van der Waals surface area contributed by atoms with E-state index >= 15 is 0 Å². The molecule has 1 aromatic heterocycles. The molecule has 0 bridgehead atoms. The topological polar surface area (TPSA) is 73.0 Å². The van der Waals surface area contributed by atoms with Gasteiger partial charge in [0.25, 0.3) is 5.56 Å². The molecule has 0 aliphatic heterocycles. The van der Waals surface area contributed by atoms with Crippen LogP contribution in [0.3, 0.4) is 0 Å². The van der Waals surface area contributed by atoms with Crippen molar-refractivity contribution in [2.24, 2.45) is 5.73 Å². The van der Waals surface area contributed by atoms with Gasteiger partial charge < -0.3 is 10.5 Å². The van der Waals surface area contributed by atoms with Gasteiger partial charge in [-0.1, -0.05) is 0 Å². The van der Waals surface area contributed by atoms with Crippen LogP contribution in [0.25, 0.3) is 5.69 Å². The molecule has 0 fully saturated rings. The van der Waals surface area contributed by atoms with Crippen LogP contribution >= 0.6 is 0 Å². The quantitative estimate of drug-likeness (QED) is 0.846. The van der Waals surface area contributed by atoms with Crippen molar-refractivity contribution in [3.63, 3.8) is 0 Å². The zero-order valence-electron chi connectivity index (χ0n) is 10.6. The molecular weight excluding hydrogens is 230 g/mol. The van der Waals surface area contributed by atoms with Crippen LogP contribution in [0.15, 0.2) is 29.1 Å². The summed E-state index contributed by atoms with van der Waals surface area (Å²) in [6.45, 7) is 2.38. The Kier molecular flexibility index (Phi) is 3.53. The van der Waals surface area contributed by atoms with Crippen molar-refractivity contribution in [3.8, 4) is 11.4 Å². The first-order valence-corrected chi connectivity index (χ1v) is 5.82. The molecule has 5 nitrogen and oxygen atoms in total. The maximum Gasteiger partial charge on any atom is 0.267 e. The first kappa shape index (κ1) is 12.4. The number of hydrogen-bond donors (Lipinski definition) is 2. The number of nitrogens with one attached hydrogen (secondary N) is 1. The SMILES string of the molecule is COc1ccc(-n2[nH]c(=O)c(CCN)c2C)cc1. The van der Waals surface area contributed by atoms with E-state index in [0.717, 1.165) is 22.7 Å². The number of rotatable bonds is 4. The molecule has 0 atom stereocenters. The number of aromatic nitrogens is 2. The predicted molar refractivity (Wildman–Crippen MR) is 70.4 cm³/mol. The van der Waals surface area contributed by atoms with Crippen LogP contribution in [-0.2, 0) is 6.42 Å². The van der Waals surface area contributed by atoms with E-state index in [1.807, 2.05) is 31.2 Å². The van der Waals surface area contributed by atoms with E-state index in [9.17, 15) is 4.79 Å². The van der Waals surface area contributed by atoms with Gasteiger partial charge in [-0.2, -0.15) is 0 Å². The summed E-state index contributed by atoms with van der Waals surface area (Å²) in [5.41, 5.74) is 7.97. The number of aromatic amines is 1. The Bertz CT molecular complexity index is 581. The summed E-state index contributed by atoms with van der Waals surface area (Å²) in [5, 5.41) is 2.82. The van der Waals surface area contributed by atoms with Crippen LogP contribution in [0, 0.1) is 6.92 Å². The van der Waals surface area contributed by atoms with Crippen LogP contribution in [0.5, 0.6) is 5.75 Å². The highest BCUT2D eigenvalue weighted by Crippen LogP contribution is 2.16. The number of nitrogens with zero attached hydrogens (tertiary/aromatic N) is 1. The standard InChI is InChI=1S/C13H17N3O2/c1-9-12(7-8-14)13(17)15-16(9)10-3-5-11(18-2)6-4-10/h3-6H,7-8,14H2,1-2H3,(H,15,17). The second kappa shape index (κ2) is 5.10. The molecular formula is C13H17N3O2. The zero-order chi connectivity index (χ0) is 13.1. The highest BCUT2D eigenvalue weighted by molar-refractivity contribution is 5.39. The molecule has 0 saturated carbocycles. The van der Waals surface area contributed by atoms with E-state index in [0.29, 0.717) is 13.0 Å². The average Bonchev–Trinajstić information content (AvgIpc) is 2.67. The fourth-order valence-electron chi connectivity index (χ4n) is 1.98. The summed E-state index contributed by atoms with van der Waals surface area (Å²) in [5.74, 6) is 0.785. The molecule has 3 N–H and O–H groups in total. The Labute approximate surface area is 105 Å². The summed E-state index contributed by atoms with van der Waals surface area (Å²) >= 11 is 0. The van der Waals surface area contributed by atoms with Gasteiger partial charge in [-0.05, 0) is 44.2 Å². The monoisotopic (exact) mass is 247 g/mol. The van der Waals surface area contributed by atoms with Crippen molar-refractivity contribution < 1.29 is 4.74 Å². The number of hydrogen-bond acceptors (Lipinski definition) is 3. The molecule has 0 saturated heterocycles. The van der Waals surface area contributed by atoms with Gasteiger partial charge in [-0.3, -0.25) is 14.6 Å². The van der Waals surface area contributed by atoms with Crippen molar-refractivity contribution in [2.45, 2.75) is 13.3 Å². The smallest absolute Gasteiger partial charge is 0.267 e. The van der Waals surface area contributed by atoms with Crippen molar-refractivity contribution >= 4 is 0 Å². The molecule has 5 heteroatoms. The van der Waals surface area contributed by atoms with Gasteiger partial charge in [0.15, 0.2) is 0 Å². The maximum absolute atomic E-state index is 11.8. The number of H-pyrrole nitrogens is 1. The van der Waals surface area contributed by atoms with Crippen molar-refractivity contribution in [3.05, 3.63) is 45.9 Å². The van der Waals surface area contributed by atoms with E-state index in [4.69, 9.17) is 10.5 Å². The lowest BCUT2D eigenvalue weighted by atomic mass is 10.2. The molecule has 0 aliphatic carbocycles. The van der Waals surface area contributed by atoms with Crippen molar-refractivity contribution in [1.82, 2.24) is 9.78 Å². The summed E-state index contributed by atoms with van der Waals surface area (Å²) in [6, 6.07) is 7.51. The van der Waals surface area contributed by atoms with Gasteiger partial charge in [0.1, 0.15) is 5.75 Å². The lowest BCUT2D eigenvalue weighted by molar-refractivity contribution is 0.414. The van der Waals surface area contributed by atoms with Gasteiger partial charge in [0, 0.05) is 11.3 Å². The Balaban J connectivity index is 2.44. The average molecular weight is 247 g/mol. The van der Waals surface area contributed by atoms with Gasteiger partial charge in [-0.15, -0.1) is 0 Å². The Morgan fingerprint density at radius 3 is 2.56 bits per heavy atom. The van der Waals surface area contributed by atoms with E-state index < -0.39 is 0 Å². The lowest BCUT2D eigenvalue weighted by Crippen LogP contribution is -2.12. The molecule has 0 radical (unpaired) electrons. The normalized spacial score (nSPS) is 10.6. The minimum Gasteiger partial charge on any atom is -0.497 e. The fraction of sp³-hybridized carbons (Fsp3) is 0.308. The first-order valence-electron chi connectivity index (χ1n) is 5.82. The van der Waals surface area contributed by atoms with E-state index in [2.05, 4.69) is 5.10 Å². The second-order valence-corrected chi connectivity index (χ2v) is 4.08. The predicted octanol–water partition coefficient (Wildman–Crippen LogP) is 0.984. The Morgan fingerprint density at radius 2 is 2.00 bits per heavy atom. The van der Waals surface area contributed by atoms with Crippen LogP contribution in [0.2, 0.25) is 0 Å². The van der Waals surface area contributed by atoms with Crippen LogP contribution < -0.4 is 16.0 Å². The molecule has 0 amide bonds. The summed E-state index contributed by atoms with van der Waals surface area (Å²) in [4.78, 5) is 11.8. The van der Waals surface area contributed by atoms with Gasteiger partial charge >= 0.3 is 0 Å². The van der Waals surface area contributed by atoms with Crippen LogP contribution in [0.1, 0.15) is 11.3 Å². The molecule has 96 valence electrons. The number of ether oxygens (including phenoxy) is 1. The van der Waals surface area contributed by atoms with Crippen LogP contribution in [-0.4, -0.2) is 23.4 Å². The van der Waals surface area contributed by atoms with E-state index in [1.165, 1.54) is 0 Å². The van der Waals surface area contributed by atoms with Gasteiger partial charge in [0.05, 0.1) is 12.8 Å². The molecule has 0 spiro atoms. The van der Waals surface area contributed by atoms with Crippen molar-refractivity contribution in [2.75, 3.05) is 13.7 Å². The molecule has 0 unspecified atom stereocenters. The van der Waals surface area contributed by atoms with E-state index in [1.54, 1.807) is 11.8 Å². The maximum atomic E-state index is 11.8. The molecule has 1 aromatic carbocycles. The largest absolute Gasteiger partial charge is 0.497 e. The molecule has 2 rings (SSSR count). The summed E-state index contributed by atoms with van der Waals surface area (Å²) < 4.78 is 6.88. The third-order valence-corrected chi connectivity index (χ3v) is 2.98. The fourth-order valence-corrected chi connectivity index (χ4v) is 1.98. The van der Waals surface area contributed by atoms with Crippen LogP contribution in [0.4, 0.5) is 0 Å². The molecule has 2 aromatic rings. The third-order valence-electron chi connectivity index (χ3n) is 2.98. The minimum absolute atomic E-state index is 0.0752. The van der Waals surface area contributed by atoms with Crippen molar-refractivity contribution in [1.29, 1.82) is 0 Å². The van der Waals surface area contributed by atoms with Gasteiger partial charge in [-0.25, -0.2) is 0 Å². The second-order valence-electron chi connectivity index (χ2n) is 4.08. The summed E-state index contributed by atoms with van der Waals surface area (Å²) in [7, 11) is 1.62. The Morgan fingerprint density at radius 1 is 1.33 bits per heavy atom. The lowest BCUT2D eigenvalue weighted by Gasteiger charge is -2.07. The zero-order valence-corrected chi connectivity index (χ0v) is 10.6. The number of benzene rings is 1. The third kappa shape index (κ3) is 2.17. The molecule has 1 heterocycles.